The van der Waals surface area contributed by atoms with Crippen LogP contribution in [-0.2, 0) is 17.6 Å². The number of nitrogens with zero attached hydrogens (tertiary/aromatic N) is 1. The molecule has 0 aliphatic rings. The van der Waals surface area contributed by atoms with E-state index in [-0.39, 0.29) is 0 Å². The van der Waals surface area contributed by atoms with Crippen LogP contribution in [0.25, 0.3) is 0 Å². The number of hydrogen-bond acceptors (Lipinski definition) is 2. The second kappa shape index (κ2) is 9.71. The number of carbonyl (C=O) groups excluding carboxylic acids is 1. The molecule has 106 valence electrons. The fourth-order valence-electron chi connectivity index (χ4n) is 2.16. The zero-order chi connectivity index (χ0) is 13.9. The predicted octanol–water partition coefficient (Wildman–Crippen LogP) is 4.51. The van der Waals surface area contributed by atoms with Crippen molar-refractivity contribution >= 4 is 5.78 Å². The Bertz CT molecular complexity index is 356. The van der Waals surface area contributed by atoms with Gasteiger partial charge in [0.05, 0.1) is 0 Å². The van der Waals surface area contributed by atoms with Crippen molar-refractivity contribution < 1.29 is 4.79 Å². The number of Topliss-reactive ketones (excluding diaryl/α,β-unsaturated/α-hetero) is 1. The van der Waals surface area contributed by atoms with E-state index in [1.54, 1.807) is 0 Å². The molecule has 1 aromatic heterocycles. The van der Waals surface area contributed by atoms with Crippen LogP contribution in [0.3, 0.4) is 0 Å². The van der Waals surface area contributed by atoms with Crippen molar-refractivity contribution in [2.75, 3.05) is 0 Å². The highest BCUT2D eigenvalue weighted by molar-refractivity contribution is 5.80. The average Bonchev–Trinajstić information content (AvgIpc) is 2.43. The number of aromatic nitrogens is 1. The van der Waals surface area contributed by atoms with E-state index >= 15 is 0 Å². The highest BCUT2D eigenvalue weighted by Crippen LogP contribution is 2.09. The molecule has 0 aromatic carbocycles. The van der Waals surface area contributed by atoms with E-state index in [2.05, 4.69) is 24.9 Å². The number of unbranched alkanes of at least 4 members (excludes halogenated alkanes) is 5. The summed E-state index contributed by atoms with van der Waals surface area (Å²) in [6, 6.07) is 4.05. The topological polar surface area (TPSA) is 30.0 Å². The Morgan fingerprint density at radius 3 is 2.42 bits per heavy atom. The van der Waals surface area contributed by atoms with E-state index in [1.807, 2.05) is 12.3 Å². The van der Waals surface area contributed by atoms with Crippen LogP contribution < -0.4 is 0 Å². The molecule has 1 heterocycles. The Labute approximate surface area is 117 Å². The SMILES string of the molecule is CCCCCCCCC(=O)Cc1ccc(CC)cn1. The van der Waals surface area contributed by atoms with Crippen LogP contribution in [0.2, 0.25) is 0 Å². The lowest BCUT2D eigenvalue weighted by molar-refractivity contribution is -0.118. The summed E-state index contributed by atoms with van der Waals surface area (Å²) in [5.74, 6) is 0.326. The highest BCUT2D eigenvalue weighted by Gasteiger charge is 2.04. The Hall–Kier alpha value is -1.18. The normalized spacial score (nSPS) is 10.6. The third kappa shape index (κ3) is 7.09. The standard InChI is InChI=1S/C17H27NO/c1-3-5-6-7-8-9-10-17(19)13-16-12-11-15(4-2)14-18-16/h11-12,14H,3-10,13H2,1-2H3. The maximum atomic E-state index is 11.8. The van der Waals surface area contributed by atoms with Crippen molar-refractivity contribution in [3.05, 3.63) is 29.6 Å². The smallest absolute Gasteiger partial charge is 0.138 e. The van der Waals surface area contributed by atoms with Gasteiger partial charge in [0, 0.05) is 24.7 Å². The maximum Gasteiger partial charge on any atom is 0.138 e. The summed E-state index contributed by atoms with van der Waals surface area (Å²) in [4.78, 5) is 16.2. The average molecular weight is 261 g/mol. The first kappa shape index (κ1) is 15.9. The molecule has 0 amide bonds. The third-order valence-electron chi connectivity index (χ3n) is 3.48. The van der Waals surface area contributed by atoms with E-state index in [1.165, 1.54) is 37.7 Å². The van der Waals surface area contributed by atoms with Gasteiger partial charge in [-0.15, -0.1) is 0 Å². The van der Waals surface area contributed by atoms with Crippen LogP contribution in [0.1, 0.15) is 70.1 Å². The first-order valence-electron chi connectivity index (χ1n) is 7.71. The summed E-state index contributed by atoms with van der Waals surface area (Å²) in [7, 11) is 0. The minimum absolute atomic E-state index is 0.326. The van der Waals surface area contributed by atoms with Crippen molar-refractivity contribution in [3.63, 3.8) is 0 Å². The monoisotopic (exact) mass is 261 g/mol. The van der Waals surface area contributed by atoms with Crippen LogP contribution in [0.4, 0.5) is 0 Å². The number of rotatable bonds is 10. The molecule has 1 rings (SSSR count). The molecular formula is C17H27NO. The molecule has 0 bridgehead atoms. The van der Waals surface area contributed by atoms with Gasteiger partial charge in [-0.1, -0.05) is 52.0 Å². The number of carbonyl (C=O) groups is 1. The van der Waals surface area contributed by atoms with Gasteiger partial charge in [0.15, 0.2) is 0 Å². The molecule has 0 atom stereocenters. The molecule has 0 N–H and O–H groups in total. The maximum absolute atomic E-state index is 11.8. The second-order valence-corrected chi connectivity index (χ2v) is 5.24. The predicted molar refractivity (Wildman–Crippen MR) is 80.3 cm³/mol. The highest BCUT2D eigenvalue weighted by atomic mass is 16.1. The lowest BCUT2D eigenvalue weighted by atomic mass is 10.0. The molecule has 0 aliphatic carbocycles. The molecule has 0 saturated heterocycles. The van der Waals surface area contributed by atoms with E-state index < -0.39 is 0 Å². The molecule has 19 heavy (non-hydrogen) atoms. The lowest BCUT2D eigenvalue weighted by Gasteiger charge is -2.02. The summed E-state index contributed by atoms with van der Waals surface area (Å²) >= 11 is 0. The molecule has 0 unspecified atom stereocenters. The number of ketones is 1. The Kier molecular flexibility index (Phi) is 8.11. The zero-order valence-corrected chi connectivity index (χ0v) is 12.5. The van der Waals surface area contributed by atoms with Crippen LogP contribution in [0.5, 0.6) is 0 Å². The number of hydrogen-bond donors (Lipinski definition) is 0. The van der Waals surface area contributed by atoms with Gasteiger partial charge in [0.2, 0.25) is 0 Å². The van der Waals surface area contributed by atoms with Crippen molar-refractivity contribution in [3.8, 4) is 0 Å². The van der Waals surface area contributed by atoms with Gasteiger partial charge in [-0.05, 0) is 24.5 Å². The van der Waals surface area contributed by atoms with Gasteiger partial charge in [0.25, 0.3) is 0 Å². The summed E-state index contributed by atoms with van der Waals surface area (Å²) in [6.07, 6.45) is 11.5. The molecule has 0 aliphatic heterocycles. The molecule has 2 heteroatoms. The summed E-state index contributed by atoms with van der Waals surface area (Å²) in [6.45, 7) is 4.33. The minimum Gasteiger partial charge on any atom is -0.299 e. The molecule has 2 nitrogen and oxygen atoms in total. The largest absolute Gasteiger partial charge is 0.299 e. The van der Waals surface area contributed by atoms with Crippen LogP contribution in [0, 0.1) is 0 Å². The number of pyridine rings is 1. The molecule has 0 saturated carbocycles. The quantitative estimate of drug-likeness (QED) is 0.580. The van der Waals surface area contributed by atoms with Gasteiger partial charge >= 0.3 is 0 Å². The number of aryl methyl sites for hydroxylation is 1. The Morgan fingerprint density at radius 2 is 1.79 bits per heavy atom. The second-order valence-electron chi connectivity index (χ2n) is 5.24. The Balaban J connectivity index is 2.16. The molecule has 0 radical (unpaired) electrons. The van der Waals surface area contributed by atoms with Gasteiger partial charge < -0.3 is 0 Å². The van der Waals surface area contributed by atoms with Gasteiger partial charge in [-0.25, -0.2) is 0 Å². The summed E-state index contributed by atoms with van der Waals surface area (Å²) in [5, 5.41) is 0. The summed E-state index contributed by atoms with van der Waals surface area (Å²) < 4.78 is 0. The molecular weight excluding hydrogens is 234 g/mol. The fraction of sp³-hybridized carbons (Fsp3) is 0.647. The first-order valence-corrected chi connectivity index (χ1v) is 7.71. The van der Waals surface area contributed by atoms with Crippen LogP contribution in [0.15, 0.2) is 18.3 Å². The molecule has 0 fully saturated rings. The molecule has 0 spiro atoms. The van der Waals surface area contributed by atoms with E-state index in [4.69, 9.17) is 0 Å². The van der Waals surface area contributed by atoms with Crippen molar-refractivity contribution in [2.24, 2.45) is 0 Å². The van der Waals surface area contributed by atoms with Gasteiger partial charge in [-0.2, -0.15) is 0 Å². The van der Waals surface area contributed by atoms with E-state index in [0.29, 0.717) is 18.6 Å². The van der Waals surface area contributed by atoms with Gasteiger partial charge in [-0.3, -0.25) is 9.78 Å². The molecule has 1 aromatic rings. The zero-order valence-electron chi connectivity index (χ0n) is 12.5. The van der Waals surface area contributed by atoms with Crippen molar-refractivity contribution in [1.29, 1.82) is 0 Å². The van der Waals surface area contributed by atoms with Crippen molar-refractivity contribution in [2.45, 2.75) is 71.6 Å². The summed E-state index contributed by atoms with van der Waals surface area (Å²) in [5.41, 5.74) is 2.14. The Morgan fingerprint density at radius 1 is 1.05 bits per heavy atom. The minimum atomic E-state index is 0.326. The lowest BCUT2D eigenvalue weighted by Crippen LogP contribution is -2.04. The van der Waals surface area contributed by atoms with Crippen LogP contribution >= 0.6 is 0 Å². The fourth-order valence-corrected chi connectivity index (χ4v) is 2.16. The van der Waals surface area contributed by atoms with E-state index in [9.17, 15) is 4.79 Å². The van der Waals surface area contributed by atoms with E-state index in [0.717, 1.165) is 18.5 Å². The first-order chi connectivity index (χ1) is 9.26. The van der Waals surface area contributed by atoms with Crippen LogP contribution in [-0.4, -0.2) is 10.8 Å². The van der Waals surface area contributed by atoms with Crippen molar-refractivity contribution in [1.82, 2.24) is 4.98 Å². The van der Waals surface area contributed by atoms with Gasteiger partial charge in [0.1, 0.15) is 5.78 Å². The third-order valence-corrected chi connectivity index (χ3v) is 3.48.